The number of ether oxygens (including phenoxy) is 1. The predicted octanol–water partition coefficient (Wildman–Crippen LogP) is 7.61. The summed E-state index contributed by atoms with van der Waals surface area (Å²) in [6, 6.07) is 0. The van der Waals surface area contributed by atoms with Crippen LogP contribution in [0, 0.1) is 56.2 Å². The molecule has 6 rings (SSSR count). The van der Waals surface area contributed by atoms with Crippen molar-refractivity contribution in [1.82, 2.24) is 0 Å². The molecular weight excluding hydrogens is 472 g/mol. The predicted molar refractivity (Wildman–Crippen MR) is 138 cm³/mol. The van der Waals surface area contributed by atoms with E-state index >= 15 is 0 Å². The van der Waals surface area contributed by atoms with Gasteiger partial charge in [-0.3, -0.25) is 0 Å². The van der Waals surface area contributed by atoms with Crippen molar-refractivity contribution in [2.45, 2.75) is 123 Å². The molecule has 2 nitrogen and oxygen atoms in total. The molecule has 5 saturated carbocycles. The third-order valence-electron chi connectivity index (χ3n) is 14.0. The van der Waals surface area contributed by atoms with Gasteiger partial charge in [-0.1, -0.05) is 64.4 Å². The van der Waals surface area contributed by atoms with Crippen LogP contribution in [0.3, 0.4) is 0 Å². The van der Waals surface area contributed by atoms with Crippen LogP contribution in [0.15, 0.2) is 0 Å². The van der Waals surface area contributed by atoms with E-state index in [1.54, 1.807) is 0 Å². The molecule has 188 valence electrons. The summed E-state index contributed by atoms with van der Waals surface area (Å²) in [7, 11) is 0. The van der Waals surface area contributed by atoms with Crippen LogP contribution in [0.5, 0.6) is 0 Å². The van der Waals surface area contributed by atoms with Crippen molar-refractivity contribution in [2.75, 3.05) is 6.61 Å². The molecule has 0 aromatic rings. The number of rotatable bonds is 0. The maximum absolute atomic E-state index is 11.2. The molecule has 0 unspecified atom stereocenters. The van der Waals surface area contributed by atoms with E-state index in [0.29, 0.717) is 33.7 Å². The van der Waals surface area contributed by atoms with Crippen molar-refractivity contribution >= 4 is 15.9 Å². The van der Waals surface area contributed by atoms with Crippen LogP contribution in [0.2, 0.25) is 0 Å². The molecule has 0 aromatic heterocycles. The van der Waals surface area contributed by atoms with Crippen LogP contribution in [-0.2, 0) is 4.74 Å². The summed E-state index contributed by atoms with van der Waals surface area (Å²) in [6.45, 7) is 18.9. The summed E-state index contributed by atoms with van der Waals surface area (Å²) in [6.07, 6.45) is 12.2. The zero-order valence-corrected chi connectivity index (χ0v) is 23.9. The summed E-state index contributed by atoms with van der Waals surface area (Å²) in [4.78, 5) is 0.214. The van der Waals surface area contributed by atoms with E-state index in [1.807, 2.05) is 0 Å². The van der Waals surface area contributed by atoms with Crippen molar-refractivity contribution in [1.29, 1.82) is 0 Å². The van der Waals surface area contributed by atoms with Gasteiger partial charge in [-0.15, -0.1) is 0 Å². The van der Waals surface area contributed by atoms with Crippen LogP contribution in [0.25, 0.3) is 0 Å². The Hall–Kier alpha value is 0.400. The first-order chi connectivity index (χ1) is 15.2. The Morgan fingerprint density at radius 3 is 2.21 bits per heavy atom. The van der Waals surface area contributed by atoms with E-state index in [9.17, 15) is 5.11 Å². The quantitative estimate of drug-likeness (QED) is 0.333. The van der Waals surface area contributed by atoms with Crippen LogP contribution in [0.4, 0.5) is 0 Å². The Labute approximate surface area is 211 Å². The van der Waals surface area contributed by atoms with Gasteiger partial charge >= 0.3 is 0 Å². The highest BCUT2D eigenvalue weighted by Gasteiger charge is 2.73. The van der Waals surface area contributed by atoms with E-state index in [2.05, 4.69) is 64.4 Å². The highest BCUT2D eigenvalue weighted by molar-refractivity contribution is 9.09. The molecule has 2 bridgehead atoms. The number of aliphatic hydroxyl groups is 1. The Balaban J connectivity index is 1.40. The van der Waals surface area contributed by atoms with Crippen molar-refractivity contribution in [3.63, 3.8) is 0 Å². The van der Waals surface area contributed by atoms with Crippen LogP contribution < -0.4 is 0 Å². The van der Waals surface area contributed by atoms with Crippen molar-refractivity contribution in [3.05, 3.63) is 0 Å². The van der Waals surface area contributed by atoms with Crippen molar-refractivity contribution in [3.8, 4) is 0 Å². The summed E-state index contributed by atoms with van der Waals surface area (Å²) >= 11 is 3.93. The molecule has 5 aliphatic carbocycles. The Kier molecular flexibility index (Phi) is 4.92. The van der Waals surface area contributed by atoms with Crippen molar-refractivity contribution < 1.29 is 9.84 Å². The zero-order valence-electron chi connectivity index (χ0n) is 22.3. The molecule has 0 amide bonds. The molecule has 1 saturated heterocycles. The van der Waals surface area contributed by atoms with Gasteiger partial charge in [0.25, 0.3) is 0 Å². The SMILES string of the molecule is CC1(C)CC[C@@]23CC[C@]4(C)[C@H](CC[C@@H]5[C@]6(C)C[C@H](O)[C@H](Br)C(C)(C)[C@@H]6CC[C@@]54C)[C@H]2[C@H]1OC3. The van der Waals surface area contributed by atoms with E-state index in [4.69, 9.17) is 4.74 Å². The van der Waals surface area contributed by atoms with Crippen molar-refractivity contribution in [2.24, 2.45) is 56.2 Å². The second kappa shape index (κ2) is 6.83. The highest BCUT2D eigenvalue weighted by atomic mass is 79.9. The smallest absolute Gasteiger partial charge is 0.0675 e. The lowest BCUT2D eigenvalue weighted by Gasteiger charge is -2.73. The van der Waals surface area contributed by atoms with Crippen LogP contribution in [0.1, 0.15) is 106 Å². The average Bonchev–Trinajstić information content (AvgIpc) is 3.06. The second-order valence-corrected chi connectivity index (χ2v) is 16.8. The molecule has 1 N–H and O–H groups in total. The van der Waals surface area contributed by atoms with Crippen LogP contribution in [-0.4, -0.2) is 28.7 Å². The minimum absolute atomic E-state index is 0.141. The first-order valence-corrected chi connectivity index (χ1v) is 15.1. The first kappa shape index (κ1) is 23.8. The largest absolute Gasteiger partial charge is 0.392 e. The minimum atomic E-state index is -0.229. The minimum Gasteiger partial charge on any atom is -0.392 e. The van der Waals surface area contributed by atoms with E-state index < -0.39 is 0 Å². The Morgan fingerprint density at radius 1 is 0.788 bits per heavy atom. The molecule has 6 aliphatic rings. The lowest BCUT2D eigenvalue weighted by molar-refractivity contribution is -0.248. The fourth-order valence-electron chi connectivity index (χ4n) is 12.1. The second-order valence-electron chi connectivity index (χ2n) is 15.8. The van der Waals surface area contributed by atoms with Gasteiger partial charge in [-0.25, -0.2) is 0 Å². The number of hydrogen-bond acceptors (Lipinski definition) is 2. The average molecular weight is 522 g/mol. The Bertz CT molecular complexity index is 837. The molecule has 0 radical (unpaired) electrons. The molecule has 0 aromatic carbocycles. The summed E-state index contributed by atoms with van der Waals surface area (Å²) < 4.78 is 6.71. The zero-order chi connectivity index (χ0) is 23.8. The first-order valence-electron chi connectivity index (χ1n) is 14.2. The molecule has 3 heteroatoms. The third-order valence-corrected chi connectivity index (χ3v) is 15.8. The number of alkyl halides is 1. The fourth-order valence-corrected chi connectivity index (χ4v) is 12.6. The van der Waals surface area contributed by atoms with E-state index in [0.717, 1.165) is 30.8 Å². The lowest BCUT2D eigenvalue weighted by Crippen LogP contribution is -2.68. The molecule has 1 heterocycles. The molecular formula is C30H49BrO2. The molecule has 0 spiro atoms. The fraction of sp³-hybridized carbons (Fsp3) is 1.00. The van der Waals surface area contributed by atoms with Crippen LogP contribution >= 0.6 is 15.9 Å². The monoisotopic (exact) mass is 520 g/mol. The highest BCUT2D eigenvalue weighted by Crippen LogP contribution is 2.78. The lowest BCUT2D eigenvalue weighted by atomic mass is 9.31. The summed E-state index contributed by atoms with van der Waals surface area (Å²) in [5.41, 5.74) is 1.96. The number of hydrogen-bond donors (Lipinski definition) is 1. The third kappa shape index (κ3) is 2.70. The standard InChI is InChI=1S/C30H49BrO2/c1-25(2)12-14-30-15-13-28(6)18(22(30)24(25)33-17-30)8-9-21-27(5)16-19(32)23(31)26(3,4)20(27)10-11-29(21,28)7/h18-24,32H,8-17H2,1-7H3/t18-,19+,20+,21-,22+,23+,24-,27-,28-,29+,30+/m1/s1. The van der Waals surface area contributed by atoms with Gasteiger partial charge in [0.15, 0.2) is 0 Å². The van der Waals surface area contributed by atoms with Gasteiger partial charge in [0.1, 0.15) is 0 Å². The van der Waals surface area contributed by atoms with Gasteiger partial charge < -0.3 is 9.84 Å². The van der Waals surface area contributed by atoms with Gasteiger partial charge in [0.05, 0.1) is 18.8 Å². The topological polar surface area (TPSA) is 29.5 Å². The summed E-state index contributed by atoms with van der Waals surface area (Å²) in [5, 5.41) is 11.2. The summed E-state index contributed by atoms with van der Waals surface area (Å²) in [5.74, 6) is 3.00. The van der Waals surface area contributed by atoms with Gasteiger partial charge in [0, 0.05) is 4.83 Å². The number of aliphatic hydroxyl groups excluding tert-OH is 1. The number of fused-ring (bicyclic) bond motifs is 5. The maximum atomic E-state index is 11.2. The van der Waals surface area contributed by atoms with Gasteiger partial charge in [-0.05, 0) is 114 Å². The maximum Gasteiger partial charge on any atom is 0.0675 e. The normalized spacial score (nSPS) is 60.8. The molecule has 11 atom stereocenters. The molecule has 33 heavy (non-hydrogen) atoms. The van der Waals surface area contributed by atoms with Gasteiger partial charge in [-0.2, -0.15) is 0 Å². The Morgan fingerprint density at radius 2 is 1.48 bits per heavy atom. The van der Waals surface area contributed by atoms with E-state index in [1.165, 1.54) is 51.4 Å². The molecule has 6 fully saturated rings. The van der Waals surface area contributed by atoms with E-state index in [-0.39, 0.29) is 21.8 Å². The van der Waals surface area contributed by atoms with Gasteiger partial charge in [0.2, 0.25) is 0 Å². The molecule has 1 aliphatic heterocycles. The number of halogens is 1.